The molecule has 11 nitrogen and oxygen atoms in total. The van der Waals surface area contributed by atoms with E-state index in [9.17, 15) is 19.2 Å². The molecular weight excluding hydrogens is 410 g/mol. The fourth-order valence-corrected chi connectivity index (χ4v) is 3.21. The molecule has 164 valence electrons. The second kappa shape index (κ2) is 9.47. The van der Waals surface area contributed by atoms with E-state index in [0.29, 0.717) is 5.82 Å². The Morgan fingerprint density at radius 2 is 1.68 bits per heavy atom. The second-order valence-corrected chi connectivity index (χ2v) is 6.77. The summed E-state index contributed by atoms with van der Waals surface area (Å²) in [5.41, 5.74) is -0.675. The highest BCUT2D eigenvalue weighted by Crippen LogP contribution is 2.33. The number of hydrogen-bond acceptors (Lipinski definition) is 9. The first kappa shape index (κ1) is 22.1. The number of nitrogens with zero attached hydrogens (tertiary/aromatic N) is 3. The Labute approximate surface area is 177 Å². The van der Waals surface area contributed by atoms with E-state index in [1.807, 2.05) is 6.07 Å². The molecule has 11 heteroatoms. The molecule has 4 atom stereocenters. The summed E-state index contributed by atoms with van der Waals surface area (Å²) >= 11 is 0. The van der Waals surface area contributed by atoms with E-state index in [4.69, 9.17) is 18.9 Å². The molecule has 3 rings (SSSR count). The van der Waals surface area contributed by atoms with Crippen molar-refractivity contribution in [2.24, 2.45) is 0 Å². The van der Waals surface area contributed by atoms with Crippen LogP contribution in [0, 0.1) is 0 Å². The van der Waals surface area contributed by atoms with E-state index in [-0.39, 0.29) is 6.61 Å². The lowest BCUT2D eigenvalue weighted by molar-refractivity contribution is -0.599. The van der Waals surface area contributed by atoms with Crippen molar-refractivity contribution in [3.05, 3.63) is 53.3 Å². The molecule has 1 aliphatic heterocycles. The molecular formula is C20H22N3O8+. The lowest BCUT2D eigenvalue weighted by Gasteiger charge is -2.23. The maximum Gasteiger partial charge on any atom is 0.459 e. The lowest BCUT2D eigenvalue weighted by atomic mass is 10.1. The van der Waals surface area contributed by atoms with Gasteiger partial charge in [-0.25, -0.2) is 13.9 Å². The average Bonchev–Trinajstić information content (AvgIpc) is 3.03. The third-order valence-electron chi connectivity index (χ3n) is 4.41. The monoisotopic (exact) mass is 432 g/mol. The van der Waals surface area contributed by atoms with Crippen LogP contribution in [0.1, 0.15) is 27.0 Å². The van der Waals surface area contributed by atoms with Gasteiger partial charge in [0.1, 0.15) is 12.7 Å². The zero-order valence-electron chi connectivity index (χ0n) is 17.2. The molecule has 0 radical (unpaired) electrons. The number of rotatable bonds is 6. The van der Waals surface area contributed by atoms with Crippen LogP contribution in [0.2, 0.25) is 0 Å². The van der Waals surface area contributed by atoms with Gasteiger partial charge in [-0.1, -0.05) is 6.07 Å². The summed E-state index contributed by atoms with van der Waals surface area (Å²) in [6.45, 7) is 3.31. The minimum Gasteiger partial charge on any atom is -0.463 e. The lowest BCUT2D eigenvalue weighted by Crippen LogP contribution is -2.42. The topological polar surface area (TPSA) is 127 Å². The minimum absolute atomic E-state index is 0.262. The molecule has 31 heavy (non-hydrogen) atoms. The van der Waals surface area contributed by atoms with Gasteiger partial charge in [0.25, 0.3) is 0 Å². The van der Waals surface area contributed by atoms with Crippen molar-refractivity contribution in [2.45, 2.75) is 45.3 Å². The molecule has 2 aromatic heterocycles. The predicted octanol–water partition coefficient (Wildman–Crippen LogP) is -0.156. The minimum atomic E-state index is -1.16. The highest BCUT2D eigenvalue weighted by Gasteiger charge is 2.51. The summed E-state index contributed by atoms with van der Waals surface area (Å²) < 4.78 is 24.2. The van der Waals surface area contributed by atoms with Crippen molar-refractivity contribution in [3.63, 3.8) is 0 Å². The van der Waals surface area contributed by atoms with Crippen molar-refractivity contribution in [1.29, 1.82) is 0 Å². The number of carbonyl (C=O) groups is 3. The number of ether oxygens (including phenoxy) is 4. The molecule has 3 heterocycles. The Morgan fingerprint density at radius 1 is 1.03 bits per heavy atom. The summed E-state index contributed by atoms with van der Waals surface area (Å²) in [5, 5.41) is 0. The van der Waals surface area contributed by atoms with Crippen LogP contribution in [0.4, 0.5) is 0 Å². The van der Waals surface area contributed by atoms with E-state index < -0.39 is 48.1 Å². The van der Waals surface area contributed by atoms with Gasteiger partial charge >= 0.3 is 29.4 Å². The molecule has 0 spiro atoms. The highest BCUT2D eigenvalue weighted by atomic mass is 16.7. The van der Waals surface area contributed by atoms with Gasteiger partial charge in [-0.2, -0.15) is 0 Å². The van der Waals surface area contributed by atoms with Gasteiger partial charge in [0, 0.05) is 38.0 Å². The first-order valence-corrected chi connectivity index (χ1v) is 9.45. The number of pyridine rings is 1. The fourth-order valence-electron chi connectivity index (χ4n) is 3.21. The SMILES string of the molecule is CC(=O)OC[C@H]1O[C@@H](n2ccc(-[n+]3ccccc3)nc2=O)[C@H](OC(C)=O)[C@@H]1OC(C)=O. The fraction of sp³-hybridized carbons (Fsp3) is 0.400. The van der Waals surface area contributed by atoms with Crippen LogP contribution in [0.3, 0.4) is 0 Å². The molecule has 1 aliphatic rings. The second-order valence-electron chi connectivity index (χ2n) is 6.77. The van der Waals surface area contributed by atoms with Gasteiger partial charge in [0.15, 0.2) is 18.4 Å². The molecule has 1 fully saturated rings. The van der Waals surface area contributed by atoms with Crippen LogP contribution in [-0.4, -0.2) is 52.4 Å². The van der Waals surface area contributed by atoms with E-state index in [1.54, 1.807) is 35.2 Å². The summed E-state index contributed by atoms with van der Waals surface area (Å²) in [7, 11) is 0. The molecule has 0 unspecified atom stereocenters. The predicted molar refractivity (Wildman–Crippen MR) is 102 cm³/mol. The standard InChI is InChI=1S/C20H22N3O8/c1-12(24)28-11-15-17(29-13(2)25)18(30-14(3)26)19(31-15)23-10-7-16(21-20(23)27)22-8-5-4-6-9-22/h4-10,15,17-19H,11H2,1-3H3/q+1/t15-,17-,18-,19-/m1/s1. The zero-order chi connectivity index (χ0) is 22.5. The van der Waals surface area contributed by atoms with E-state index in [0.717, 1.165) is 4.57 Å². The summed E-state index contributed by atoms with van der Waals surface area (Å²) in [6.07, 6.45) is 0.529. The molecule has 2 aromatic rings. The molecule has 0 amide bonds. The average molecular weight is 432 g/mol. The van der Waals surface area contributed by atoms with Crippen LogP contribution < -0.4 is 10.3 Å². The molecule has 0 aromatic carbocycles. The van der Waals surface area contributed by atoms with Crippen LogP contribution in [0.25, 0.3) is 5.82 Å². The van der Waals surface area contributed by atoms with Gasteiger partial charge in [0.2, 0.25) is 0 Å². The number of esters is 3. The Hall–Kier alpha value is -3.60. The smallest absolute Gasteiger partial charge is 0.459 e. The summed E-state index contributed by atoms with van der Waals surface area (Å²) in [5.74, 6) is -1.51. The van der Waals surface area contributed by atoms with Gasteiger partial charge in [-0.15, -0.1) is 0 Å². The Morgan fingerprint density at radius 3 is 2.26 bits per heavy atom. The first-order valence-electron chi connectivity index (χ1n) is 9.45. The number of aromatic nitrogens is 3. The van der Waals surface area contributed by atoms with Gasteiger partial charge < -0.3 is 18.9 Å². The Balaban J connectivity index is 1.96. The van der Waals surface area contributed by atoms with Crippen molar-refractivity contribution < 1.29 is 37.9 Å². The quantitative estimate of drug-likeness (QED) is 0.348. The molecule has 0 aliphatic carbocycles. The first-order chi connectivity index (χ1) is 14.8. The number of hydrogen-bond donors (Lipinski definition) is 0. The van der Waals surface area contributed by atoms with Gasteiger partial charge in [0.05, 0.1) is 12.4 Å². The Bertz CT molecular complexity index is 1020. The summed E-state index contributed by atoms with van der Waals surface area (Å²) in [6, 6.07) is 6.97. The number of carbonyl (C=O) groups excluding carboxylic acids is 3. The molecule has 0 N–H and O–H groups in total. The maximum absolute atomic E-state index is 12.8. The largest absolute Gasteiger partial charge is 0.463 e. The van der Waals surface area contributed by atoms with Crippen LogP contribution in [0.5, 0.6) is 0 Å². The zero-order valence-corrected chi connectivity index (χ0v) is 17.2. The van der Waals surface area contributed by atoms with E-state index in [2.05, 4.69) is 4.98 Å². The van der Waals surface area contributed by atoms with Crippen molar-refractivity contribution in [2.75, 3.05) is 6.61 Å². The molecule has 1 saturated heterocycles. The summed E-state index contributed by atoms with van der Waals surface area (Å²) in [4.78, 5) is 51.3. The highest BCUT2D eigenvalue weighted by molar-refractivity contribution is 5.68. The molecule has 0 saturated carbocycles. The third kappa shape index (κ3) is 5.31. The van der Waals surface area contributed by atoms with Gasteiger partial charge in [-0.3, -0.25) is 14.4 Å². The Kier molecular flexibility index (Phi) is 6.75. The normalized spacial score (nSPS) is 22.5. The molecule has 0 bridgehead atoms. The van der Waals surface area contributed by atoms with Crippen molar-refractivity contribution in [3.8, 4) is 5.82 Å². The van der Waals surface area contributed by atoms with E-state index >= 15 is 0 Å². The van der Waals surface area contributed by atoms with Crippen molar-refractivity contribution >= 4 is 17.9 Å². The van der Waals surface area contributed by atoms with E-state index in [1.165, 1.54) is 27.0 Å². The van der Waals surface area contributed by atoms with Crippen LogP contribution in [0.15, 0.2) is 47.7 Å². The van der Waals surface area contributed by atoms with Crippen molar-refractivity contribution in [1.82, 2.24) is 9.55 Å². The third-order valence-corrected chi connectivity index (χ3v) is 4.41. The van der Waals surface area contributed by atoms with Crippen LogP contribution in [-0.2, 0) is 33.3 Å². The maximum atomic E-state index is 12.8. The van der Waals surface area contributed by atoms with Gasteiger partial charge in [-0.05, 0) is 12.1 Å². The van der Waals surface area contributed by atoms with Crippen LogP contribution >= 0.6 is 0 Å².